The zero-order valence-electron chi connectivity index (χ0n) is 13.1. The SMILES string of the molecule is CCNc1ccc(CN(CC2CC2)C(C)C)cc1[N+](=O)[O-]. The molecule has 1 aromatic carbocycles. The van der Waals surface area contributed by atoms with Gasteiger partial charge >= 0.3 is 0 Å². The summed E-state index contributed by atoms with van der Waals surface area (Å²) < 4.78 is 0. The average Bonchev–Trinajstić information content (AvgIpc) is 3.23. The van der Waals surface area contributed by atoms with Crippen molar-refractivity contribution in [3.8, 4) is 0 Å². The summed E-state index contributed by atoms with van der Waals surface area (Å²) in [5.74, 6) is 0.823. The standard InChI is InChI=1S/C16H25N3O2/c1-4-17-15-8-7-14(9-16(15)19(20)21)11-18(12(2)3)10-13-5-6-13/h7-9,12-13,17H,4-6,10-11H2,1-3H3. The minimum atomic E-state index is -0.303. The maximum atomic E-state index is 11.2. The number of rotatable bonds is 8. The molecule has 2 rings (SSSR count). The number of hydrogen-bond acceptors (Lipinski definition) is 4. The van der Waals surface area contributed by atoms with Crippen LogP contribution in [0.1, 0.15) is 39.2 Å². The second kappa shape index (κ2) is 6.89. The molecule has 1 aromatic rings. The second-order valence-electron chi connectivity index (χ2n) is 6.11. The van der Waals surface area contributed by atoms with Gasteiger partial charge in [-0.2, -0.15) is 0 Å². The van der Waals surface area contributed by atoms with Gasteiger partial charge < -0.3 is 5.32 Å². The van der Waals surface area contributed by atoms with Crippen molar-refractivity contribution >= 4 is 11.4 Å². The molecule has 0 spiro atoms. The summed E-state index contributed by atoms with van der Waals surface area (Å²) in [5.41, 5.74) is 1.78. The fourth-order valence-corrected chi connectivity index (χ4v) is 2.49. The molecule has 0 radical (unpaired) electrons. The summed E-state index contributed by atoms with van der Waals surface area (Å²) in [7, 11) is 0. The molecule has 0 aliphatic heterocycles. The number of nitrogens with one attached hydrogen (secondary N) is 1. The fraction of sp³-hybridized carbons (Fsp3) is 0.625. The summed E-state index contributed by atoms with van der Waals surface area (Å²) in [6.07, 6.45) is 2.64. The highest BCUT2D eigenvalue weighted by molar-refractivity contribution is 5.62. The third kappa shape index (κ3) is 4.43. The van der Waals surface area contributed by atoms with E-state index in [0.29, 0.717) is 18.3 Å². The second-order valence-corrected chi connectivity index (χ2v) is 6.11. The fourth-order valence-electron chi connectivity index (χ4n) is 2.49. The topological polar surface area (TPSA) is 58.4 Å². The number of nitro benzene ring substituents is 1. The molecule has 1 aliphatic rings. The van der Waals surface area contributed by atoms with E-state index in [0.717, 1.165) is 24.6 Å². The minimum absolute atomic E-state index is 0.171. The van der Waals surface area contributed by atoms with Crippen LogP contribution in [0, 0.1) is 16.0 Å². The lowest BCUT2D eigenvalue weighted by Crippen LogP contribution is -2.32. The van der Waals surface area contributed by atoms with E-state index in [4.69, 9.17) is 0 Å². The molecule has 116 valence electrons. The quantitative estimate of drug-likeness (QED) is 0.586. The summed E-state index contributed by atoms with van der Waals surface area (Å²) in [4.78, 5) is 13.3. The van der Waals surface area contributed by atoms with Crippen molar-refractivity contribution in [3.63, 3.8) is 0 Å². The normalized spacial score (nSPS) is 14.7. The van der Waals surface area contributed by atoms with Gasteiger partial charge in [0.1, 0.15) is 5.69 Å². The van der Waals surface area contributed by atoms with Crippen molar-refractivity contribution in [2.24, 2.45) is 5.92 Å². The van der Waals surface area contributed by atoms with Gasteiger partial charge in [0.25, 0.3) is 5.69 Å². The van der Waals surface area contributed by atoms with Crippen LogP contribution in [0.5, 0.6) is 0 Å². The minimum Gasteiger partial charge on any atom is -0.380 e. The van der Waals surface area contributed by atoms with Crippen LogP contribution in [0.4, 0.5) is 11.4 Å². The summed E-state index contributed by atoms with van der Waals surface area (Å²) >= 11 is 0. The third-order valence-electron chi connectivity index (χ3n) is 3.93. The average molecular weight is 291 g/mol. The van der Waals surface area contributed by atoms with Crippen molar-refractivity contribution in [3.05, 3.63) is 33.9 Å². The molecule has 0 amide bonds. The Balaban J connectivity index is 2.14. The van der Waals surface area contributed by atoms with E-state index in [9.17, 15) is 10.1 Å². The first-order valence-corrected chi connectivity index (χ1v) is 7.76. The lowest BCUT2D eigenvalue weighted by molar-refractivity contribution is -0.384. The van der Waals surface area contributed by atoms with E-state index >= 15 is 0 Å². The molecule has 1 aliphatic carbocycles. The monoisotopic (exact) mass is 291 g/mol. The van der Waals surface area contributed by atoms with Crippen LogP contribution in [0.2, 0.25) is 0 Å². The predicted octanol–water partition coefficient (Wildman–Crippen LogP) is 3.65. The largest absolute Gasteiger partial charge is 0.380 e. The Kier molecular flexibility index (Phi) is 5.17. The zero-order chi connectivity index (χ0) is 15.4. The number of hydrogen-bond donors (Lipinski definition) is 1. The van der Waals surface area contributed by atoms with E-state index in [1.54, 1.807) is 6.07 Å². The Morgan fingerprint density at radius 3 is 2.67 bits per heavy atom. The van der Waals surface area contributed by atoms with Gasteiger partial charge in [0.2, 0.25) is 0 Å². The first kappa shape index (κ1) is 15.8. The van der Waals surface area contributed by atoms with Gasteiger partial charge in [-0.25, -0.2) is 0 Å². The Hall–Kier alpha value is -1.62. The summed E-state index contributed by atoms with van der Waals surface area (Å²) in [6.45, 7) is 8.86. The van der Waals surface area contributed by atoms with Crippen molar-refractivity contribution < 1.29 is 4.92 Å². The van der Waals surface area contributed by atoms with Gasteiger partial charge in [-0.3, -0.25) is 15.0 Å². The van der Waals surface area contributed by atoms with Gasteiger partial charge in [0.05, 0.1) is 4.92 Å². The molecule has 1 saturated carbocycles. The third-order valence-corrected chi connectivity index (χ3v) is 3.93. The summed E-state index contributed by atoms with van der Waals surface area (Å²) in [5, 5.41) is 14.3. The molecule has 0 saturated heterocycles. The molecule has 0 heterocycles. The van der Waals surface area contributed by atoms with E-state index in [1.807, 2.05) is 19.1 Å². The predicted molar refractivity (Wildman–Crippen MR) is 85.5 cm³/mol. The first-order valence-electron chi connectivity index (χ1n) is 7.76. The lowest BCUT2D eigenvalue weighted by atomic mass is 10.1. The molecule has 0 bridgehead atoms. The van der Waals surface area contributed by atoms with Crippen LogP contribution in [-0.4, -0.2) is 29.0 Å². The lowest BCUT2D eigenvalue weighted by Gasteiger charge is -2.26. The van der Waals surface area contributed by atoms with Crippen molar-refractivity contribution in [2.45, 2.75) is 46.2 Å². The number of nitro groups is 1. The highest BCUT2D eigenvalue weighted by Gasteiger charge is 2.26. The molecule has 0 atom stereocenters. The highest BCUT2D eigenvalue weighted by atomic mass is 16.6. The number of benzene rings is 1. The van der Waals surface area contributed by atoms with E-state index in [-0.39, 0.29) is 10.6 Å². The molecular weight excluding hydrogens is 266 g/mol. The van der Waals surface area contributed by atoms with Crippen LogP contribution in [-0.2, 0) is 6.54 Å². The van der Waals surface area contributed by atoms with Crippen LogP contribution >= 0.6 is 0 Å². The molecule has 5 heteroatoms. The Labute approximate surface area is 126 Å². The first-order chi connectivity index (χ1) is 10.0. The highest BCUT2D eigenvalue weighted by Crippen LogP contribution is 2.31. The van der Waals surface area contributed by atoms with Crippen LogP contribution in [0.3, 0.4) is 0 Å². The van der Waals surface area contributed by atoms with Crippen LogP contribution in [0.25, 0.3) is 0 Å². The Morgan fingerprint density at radius 2 is 2.14 bits per heavy atom. The van der Waals surface area contributed by atoms with Gasteiger partial charge in [-0.1, -0.05) is 6.07 Å². The molecule has 0 unspecified atom stereocenters. The summed E-state index contributed by atoms with van der Waals surface area (Å²) in [6, 6.07) is 5.98. The van der Waals surface area contributed by atoms with Crippen molar-refractivity contribution in [1.29, 1.82) is 0 Å². The van der Waals surface area contributed by atoms with Gasteiger partial charge in [-0.15, -0.1) is 0 Å². The molecule has 1 fully saturated rings. The van der Waals surface area contributed by atoms with Crippen molar-refractivity contribution in [2.75, 3.05) is 18.4 Å². The van der Waals surface area contributed by atoms with Crippen molar-refractivity contribution in [1.82, 2.24) is 4.90 Å². The van der Waals surface area contributed by atoms with Gasteiger partial charge in [0, 0.05) is 31.7 Å². The van der Waals surface area contributed by atoms with Crippen LogP contribution < -0.4 is 5.32 Å². The maximum Gasteiger partial charge on any atom is 0.292 e. The Bertz CT molecular complexity index is 498. The van der Waals surface area contributed by atoms with E-state index < -0.39 is 0 Å². The Morgan fingerprint density at radius 1 is 1.43 bits per heavy atom. The molecule has 21 heavy (non-hydrogen) atoms. The zero-order valence-corrected chi connectivity index (χ0v) is 13.1. The molecule has 0 aromatic heterocycles. The molecular formula is C16H25N3O2. The van der Waals surface area contributed by atoms with Crippen LogP contribution in [0.15, 0.2) is 18.2 Å². The van der Waals surface area contributed by atoms with Gasteiger partial charge in [-0.05, 0) is 51.2 Å². The van der Waals surface area contributed by atoms with E-state index in [2.05, 4.69) is 24.1 Å². The molecule has 1 N–H and O–H groups in total. The van der Waals surface area contributed by atoms with E-state index in [1.165, 1.54) is 12.8 Å². The number of nitrogens with zero attached hydrogens (tertiary/aromatic N) is 2. The smallest absolute Gasteiger partial charge is 0.292 e. The number of anilines is 1. The molecule has 5 nitrogen and oxygen atoms in total. The van der Waals surface area contributed by atoms with Gasteiger partial charge in [0.15, 0.2) is 0 Å². The maximum absolute atomic E-state index is 11.2.